The molecule has 0 saturated carbocycles. The number of anilines is 1. The minimum Gasteiger partial charge on any atom is -0.326 e. The Bertz CT molecular complexity index is 934. The van der Waals surface area contributed by atoms with E-state index in [1.807, 2.05) is 13.0 Å². The van der Waals surface area contributed by atoms with Crippen LogP contribution in [0, 0.1) is 13.8 Å². The second-order valence-corrected chi connectivity index (χ2v) is 7.45. The van der Waals surface area contributed by atoms with E-state index < -0.39 is 10.0 Å². The Kier molecular flexibility index (Phi) is 5.58. The number of benzene rings is 2. The summed E-state index contributed by atoms with van der Waals surface area (Å²) in [6.07, 6.45) is 0. The fourth-order valence-corrected chi connectivity index (χ4v) is 3.45. The van der Waals surface area contributed by atoms with Crippen LogP contribution in [0.1, 0.15) is 30.5 Å². The summed E-state index contributed by atoms with van der Waals surface area (Å²) in [6.45, 7) is 6.69. The number of hydrogen-bond acceptors (Lipinski definition) is 4. The number of rotatable bonds is 5. The third-order valence-electron chi connectivity index (χ3n) is 3.57. The van der Waals surface area contributed by atoms with Gasteiger partial charge in [-0.3, -0.25) is 4.79 Å². The van der Waals surface area contributed by atoms with Crippen molar-refractivity contribution in [1.29, 1.82) is 0 Å². The molecule has 0 radical (unpaired) electrons. The van der Waals surface area contributed by atoms with Gasteiger partial charge in [-0.1, -0.05) is 24.3 Å². The molecule has 0 heterocycles. The second kappa shape index (κ2) is 7.48. The fourth-order valence-electron chi connectivity index (χ4n) is 2.26. The Balaban J connectivity index is 2.26. The second-order valence-electron chi connectivity index (χ2n) is 5.82. The Labute approximate surface area is 148 Å². The lowest BCUT2D eigenvalue weighted by Crippen LogP contribution is -2.21. The van der Waals surface area contributed by atoms with Crippen molar-refractivity contribution < 1.29 is 13.2 Å². The Hall–Kier alpha value is -2.67. The zero-order valence-corrected chi connectivity index (χ0v) is 15.4. The smallest absolute Gasteiger partial charge is 0.276 e. The van der Waals surface area contributed by atoms with Crippen LogP contribution in [0.25, 0.3) is 0 Å². The summed E-state index contributed by atoms with van der Waals surface area (Å²) in [5.41, 5.74) is 3.32. The van der Waals surface area contributed by atoms with Crippen LogP contribution in [-0.4, -0.2) is 20.0 Å². The number of nitrogens with one attached hydrogen (secondary N) is 2. The number of carbonyl (C=O) groups is 1. The first-order valence-electron chi connectivity index (χ1n) is 7.70. The molecule has 7 heteroatoms. The molecule has 0 saturated heterocycles. The summed E-state index contributed by atoms with van der Waals surface area (Å²) in [5, 5.41) is 6.68. The maximum absolute atomic E-state index is 12.5. The summed E-state index contributed by atoms with van der Waals surface area (Å²) >= 11 is 0. The summed E-state index contributed by atoms with van der Waals surface area (Å²) in [6, 6.07) is 12.3. The maximum Gasteiger partial charge on any atom is 0.276 e. The first-order chi connectivity index (χ1) is 11.7. The molecule has 0 aromatic heterocycles. The van der Waals surface area contributed by atoms with E-state index in [4.69, 9.17) is 0 Å². The zero-order valence-electron chi connectivity index (χ0n) is 14.6. The highest BCUT2D eigenvalue weighted by atomic mass is 32.2. The number of hydrazone groups is 1. The van der Waals surface area contributed by atoms with E-state index in [0.717, 1.165) is 5.56 Å². The molecule has 2 rings (SSSR count). The highest BCUT2D eigenvalue weighted by Gasteiger charge is 2.16. The molecule has 2 N–H and O–H groups in total. The van der Waals surface area contributed by atoms with Crippen molar-refractivity contribution in [3.8, 4) is 0 Å². The molecule has 2 aromatic carbocycles. The van der Waals surface area contributed by atoms with Gasteiger partial charge < -0.3 is 5.32 Å². The molecular weight excluding hydrogens is 338 g/mol. The van der Waals surface area contributed by atoms with Gasteiger partial charge in [-0.25, -0.2) is 0 Å². The molecule has 1 amide bonds. The summed E-state index contributed by atoms with van der Waals surface area (Å²) < 4.78 is 25.0. The molecule has 0 unspecified atom stereocenters. The molecular formula is C18H21N3O3S. The number of aryl methyl sites for hydroxylation is 2. The lowest BCUT2D eigenvalue weighted by Gasteiger charge is -2.09. The summed E-state index contributed by atoms with van der Waals surface area (Å²) in [5.74, 6) is -0.178. The van der Waals surface area contributed by atoms with E-state index in [-0.39, 0.29) is 10.8 Å². The molecule has 6 nitrogen and oxygen atoms in total. The standard InChI is InChI=1S/C18H21N3O3S/c1-12-8-9-13(2)18(10-12)25(23,24)21-20-14(3)16-6-5-7-17(11-16)19-15(4)22/h5-11,21H,1-4H3,(H,19,22)/b20-14+. The quantitative estimate of drug-likeness (QED) is 0.635. The normalized spacial score (nSPS) is 11.9. The molecule has 0 fully saturated rings. The summed E-state index contributed by atoms with van der Waals surface area (Å²) in [4.78, 5) is 13.6. The predicted octanol–water partition coefficient (Wildman–Crippen LogP) is 2.96. The van der Waals surface area contributed by atoms with Crippen molar-refractivity contribution in [2.45, 2.75) is 32.6 Å². The van der Waals surface area contributed by atoms with Crippen molar-refractivity contribution in [1.82, 2.24) is 4.83 Å². The van der Waals surface area contributed by atoms with Crippen LogP contribution < -0.4 is 10.1 Å². The minimum atomic E-state index is -3.75. The van der Waals surface area contributed by atoms with E-state index in [1.54, 1.807) is 50.2 Å². The third-order valence-corrected chi connectivity index (χ3v) is 4.92. The number of sulfonamides is 1. The van der Waals surface area contributed by atoms with Gasteiger partial charge in [0.2, 0.25) is 5.91 Å². The average molecular weight is 359 g/mol. The maximum atomic E-state index is 12.5. The lowest BCUT2D eigenvalue weighted by molar-refractivity contribution is -0.114. The fraction of sp³-hybridized carbons (Fsp3) is 0.222. The SMILES string of the molecule is CC(=O)Nc1cccc(/C(C)=N/NS(=O)(=O)c2cc(C)ccc2C)c1. The van der Waals surface area contributed by atoms with E-state index >= 15 is 0 Å². The van der Waals surface area contributed by atoms with Crippen molar-refractivity contribution >= 4 is 27.3 Å². The molecule has 0 bridgehead atoms. The Morgan fingerprint density at radius 2 is 1.76 bits per heavy atom. The van der Waals surface area contributed by atoms with Gasteiger partial charge in [0.15, 0.2) is 0 Å². The van der Waals surface area contributed by atoms with Gasteiger partial charge in [0.05, 0.1) is 10.6 Å². The van der Waals surface area contributed by atoms with E-state index in [9.17, 15) is 13.2 Å². The molecule has 0 spiro atoms. The number of amides is 1. The van der Waals surface area contributed by atoms with E-state index in [2.05, 4.69) is 15.2 Å². The van der Waals surface area contributed by atoms with Crippen LogP contribution in [0.3, 0.4) is 0 Å². The Morgan fingerprint density at radius 3 is 2.44 bits per heavy atom. The third kappa shape index (κ3) is 4.90. The van der Waals surface area contributed by atoms with Crippen LogP contribution in [0.2, 0.25) is 0 Å². The van der Waals surface area contributed by atoms with E-state index in [0.29, 0.717) is 22.5 Å². The van der Waals surface area contributed by atoms with Crippen LogP contribution in [-0.2, 0) is 14.8 Å². The molecule has 0 aliphatic rings. The van der Waals surface area contributed by atoms with Gasteiger partial charge in [-0.2, -0.15) is 18.4 Å². The average Bonchev–Trinajstić information content (AvgIpc) is 2.54. The summed E-state index contributed by atoms with van der Waals surface area (Å²) in [7, 11) is -3.75. The number of carbonyl (C=O) groups excluding carboxylic acids is 1. The topological polar surface area (TPSA) is 87.6 Å². The van der Waals surface area contributed by atoms with Gasteiger partial charge in [0, 0.05) is 12.6 Å². The van der Waals surface area contributed by atoms with Crippen molar-refractivity contribution in [2.75, 3.05) is 5.32 Å². The number of nitrogens with zero attached hydrogens (tertiary/aromatic N) is 1. The molecule has 0 aliphatic carbocycles. The van der Waals surface area contributed by atoms with Crippen molar-refractivity contribution in [3.63, 3.8) is 0 Å². The van der Waals surface area contributed by atoms with Gasteiger partial charge >= 0.3 is 0 Å². The van der Waals surface area contributed by atoms with Gasteiger partial charge in [0.25, 0.3) is 10.0 Å². The zero-order chi connectivity index (χ0) is 18.6. The minimum absolute atomic E-state index is 0.178. The molecule has 132 valence electrons. The largest absolute Gasteiger partial charge is 0.326 e. The van der Waals surface area contributed by atoms with Gasteiger partial charge in [0.1, 0.15) is 0 Å². The first-order valence-corrected chi connectivity index (χ1v) is 9.19. The molecule has 2 aromatic rings. The van der Waals surface area contributed by atoms with Gasteiger partial charge in [-0.15, -0.1) is 0 Å². The monoisotopic (exact) mass is 359 g/mol. The van der Waals surface area contributed by atoms with E-state index in [1.165, 1.54) is 6.92 Å². The highest BCUT2D eigenvalue weighted by Crippen LogP contribution is 2.17. The number of hydrogen-bond donors (Lipinski definition) is 2. The first kappa shape index (κ1) is 18.7. The van der Waals surface area contributed by atoms with Crippen molar-refractivity contribution in [2.24, 2.45) is 5.10 Å². The van der Waals surface area contributed by atoms with Crippen LogP contribution in [0.4, 0.5) is 5.69 Å². The Morgan fingerprint density at radius 1 is 1.04 bits per heavy atom. The van der Waals surface area contributed by atoms with Gasteiger partial charge in [-0.05, 0) is 55.7 Å². The molecule has 0 aliphatic heterocycles. The van der Waals surface area contributed by atoms with Crippen LogP contribution in [0.5, 0.6) is 0 Å². The molecule has 25 heavy (non-hydrogen) atoms. The highest BCUT2D eigenvalue weighted by molar-refractivity contribution is 7.89. The molecule has 0 atom stereocenters. The van der Waals surface area contributed by atoms with Crippen molar-refractivity contribution in [3.05, 3.63) is 59.2 Å². The van der Waals surface area contributed by atoms with Crippen LogP contribution in [0.15, 0.2) is 52.5 Å². The lowest BCUT2D eigenvalue weighted by atomic mass is 10.1. The predicted molar refractivity (Wildman–Crippen MR) is 99.2 cm³/mol. The van der Waals surface area contributed by atoms with Crippen LogP contribution >= 0.6 is 0 Å².